The van der Waals surface area contributed by atoms with Gasteiger partial charge in [-0.05, 0) is 36.5 Å². The Morgan fingerprint density at radius 2 is 2.05 bits per heavy atom. The zero-order valence-electron chi connectivity index (χ0n) is 11.4. The standard InChI is InChI=1S/C16H23NOS/c17-11-5-9-14-8-4-10-16(12-14)19(18)13-15-6-2-1-3-7-15/h4-5,8-10,12,15H,1-3,6-7,11,13,17H2/b9-5+. The fraction of sp³-hybridized carbons (Fsp3) is 0.500. The summed E-state index contributed by atoms with van der Waals surface area (Å²) in [7, 11) is -0.862. The normalized spacial score (nSPS) is 18.8. The van der Waals surface area contributed by atoms with Crippen LogP contribution in [0.25, 0.3) is 6.08 Å². The van der Waals surface area contributed by atoms with E-state index in [0.717, 1.165) is 16.2 Å². The van der Waals surface area contributed by atoms with Gasteiger partial charge in [-0.15, -0.1) is 0 Å². The lowest BCUT2D eigenvalue weighted by atomic mass is 9.91. The molecule has 0 aliphatic heterocycles. The largest absolute Gasteiger partial charge is 0.327 e. The number of nitrogens with two attached hydrogens (primary N) is 1. The molecule has 1 saturated carbocycles. The van der Waals surface area contributed by atoms with E-state index in [2.05, 4.69) is 0 Å². The average molecular weight is 277 g/mol. The van der Waals surface area contributed by atoms with Gasteiger partial charge in [0.1, 0.15) is 0 Å². The minimum Gasteiger partial charge on any atom is -0.327 e. The monoisotopic (exact) mass is 277 g/mol. The molecule has 104 valence electrons. The molecule has 0 bridgehead atoms. The third-order valence-corrected chi connectivity index (χ3v) is 5.23. The van der Waals surface area contributed by atoms with Crippen LogP contribution in [0, 0.1) is 5.92 Å². The molecule has 2 rings (SSSR count). The maximum atomic E-state index is 12.4. The van der Waals surface area contributed by atoms with Crippen LogP contribution >= 0.6 is 0 Å². The van der Waals surface area contributed by atoms with Crippen LogP contribution in [0.1, 0.15) is 37.7 Å². The molecule has 19 heavy (non-hydrogen) atoms. The molecular weight excluding hydrogens is 254 g/mol. The van der Waals surface area contributed by atoms with Gasteiger partial charge >= 0.3 is 0 Å². The van der Waals surface area contributed by atoms with E-state index in [1.54, 1.807) is 0 Å². The first kappa shape index (κ1) is 14.5. The van der Waals surface area contributed by atoms with Crippen molar-refractivity contribution in [1.82, 2.24) is 0 Å². The maximum absolute atomic E-state index is 12.4. The Labute approximate surface area is 118 Å². The fourth-order valence-corrected chi connectivity index (χ4v) is 4.08. The average Bonchev–Trinajstić information content (AvgIpc) is 2.46. The van der Waals surface area contributed by atoms with Gasteiger partial charge in [-0.25, -0.2) is 0 Å². The Hall–Kier alpha value is -0.930. The van der Waals surface area contributed by atoms with Crippen LogP contribution in [0.3, 0.4) is 0 Å². The van der Waals surface area contributed by atoms with Crippen molar-refractivity contribution in [2.75, 3.05) is 12.3 Å². The molecule has 1 aliphatic rings. The Bertz CT molecular complexity index is 450. The summed E-state index contributed by atoms with van der Waals surface area (Å²) < 4.78 is 12.4. The number of hydrogen-bond acceptors (Lipinski definition) is 2. The second-order valence-corrected chi connectivity index (χ2v) is 6.72. The van der Waals surface area contributed by atoms with Gasteiger partial charge in [0.25, 0.3) is 0 Å². The smallest absolute Gasteiger partial charge is 0.0532 e. The highest BCUT2D eigenvalue weighted by Crippen LogP contribution is 2.25. The quantitative estimate of drug-likeness (QED) is 0.897. The summed E-state index contributed by atoms with van der Waals surface area (Å²) in [6.45, 7) is 0.537. The summed E-state index contributed by atoms with van der Waals surface area (Å²) in [5.74, 6) is 1.47. The highest BCUT2D eigenvalue weighted by molar-refractivity contribution is 7.85. The van der Waals surface area contributed by atoms with Gasteiger partial charge in [0.05, 0.1) is 10.8 Å². The molecule has 1 unspecified atom stereocenters. The number of rotatable bonds is 5. The molecule has 1 fully saturated rings. The Morgan fingerprint density at radius 3 is 2.79 bits per heavy atom. The molecule has 0 aromatic heterocycles. The molecule has 1 aromatic rings. The maximum Gasteiger partial charge on any atom is 0.0532 e. The van der Waals surface area contributed by atoms with Crippen molar-refractivity contribution < 1.29 is 4.21 Å². The topological polar surface area (TPSA) is 43.1 Å². The zero-order chi connectivity index (χ0) is 13.5. The molecule has 1 aromatic carbocycles. The second-order valence-electron chi connectivity index (χ2n) is 5.23. The lowest BCUT2D eigenvalue weighted by molar-refractivity contribution is 0.388. The minimum absolute atomic E-state index is 0.537. The van der Waals surface area contributed by atoms with E-state index in [9.17, 15) is 4.21 Å². The Morgan fingerprint density at radius 1 is 1.26 bits per heavy atom. The first-order chi connectivity index (χ1) is 9.29. The fourth-order valence-electron chi connectivity index (χ4n) is 2.63. The van der Waals surface area contributed by atoms with Crippen molar-refractivity contribution in [2.24, 2.45) is 11.7 Å². The van der Waals surface area contributed by atoms with Gasteiger partial charge in [0, 0.05) is 17.2 Å². The summed E-state index contributed by atoms with van der Waals surface area (Å²) in [5.41, 5.74) is 6.53. The predicted molar refractivity (Wildman–Crippen MR) is 82.4 cm³/mol. The second kappa shape index (κ2) is 7.61. The van der Waals surface area contributed by atoms with Crippen LogP contribution in [-0.2, 0) is 10.8 Å². The molecule has 2 nitrogen and oxygen atoms in total. The lowest BCUT2D eigenvalue weighted by Crippen LogP contribution is -2.14. The van der Waals surface area contributed by atoms with E-state index in [1.165, 1.54) is 32.1 Å². The molecular formula is C16H23NOS. The molecule has 0 saturated heterocycles. The van der Waals surface area contributed by atoms with Crippen LogP contribution < -0.4 is 5.73 Å². The number of benzene rings is 1. The number of hydrogen-bond donors (Lipinski definition) is 1. The Kier molecular flexibility index (Phi) is 5.80. The van der Waals surface area contributed by atoms with Gasteiger partial charge in [-0.3, -0.25) is 4.21 Å². The van der Waals surface area contributed by atoms with Crippen molar-refractivity contribution in [1.29, 1.82) is 0 Å². The third-order valence-electron chi connectivity index (χ3n) is 3.68. The van der Waals surface area contributed by atoms with Gasteiger partial charge in [-0.1, -0.05) is 43.5 Å². The molecule has 0 heterocycles. The van der Waals surface area contributed by atoms with Crippen molar-refractivity contribution in [2.45, 2.75) is 37.0 Å². The van der Waals surface area contributed by atoms with Crippen molar-refractivity contribution in [3.63, 3.8) is 0 Å². The molecule has 0 radical (unpaired) electrons. The molecule has 0 spiro atoms. The van der Waals surface area contributed by atoms with E-state index >= 15 is 0 Å². The highest BCUT2D eigenvalue weighted by Gasteiger charge is 2.17. The van der Waals surface area contributed by atoms with Crippen LogP contribution in [0.4, 0.5) is 0 Å². The van der Waals surface area contributed by atoms with E-state index in [-0.39, 0.29) is 0 Å². The highest BCUT2D eigenvalue weighted by atomic mass is 32.2. The van der Waals surface area contributed by atoms with Crippen molar-refractivity contribution >= 4 is 16.9 Å². The van der Waals surface area contributed by atoms with Crippen LogP contribution in [0.5, 0.6) is 0 Å². The first-order valence-electron chi connectivity index (χ1n) is 7.14. The molecule has 0 amide bonds. The summed E-state index contributed by atoms with van der Waals surface area (Å²) in [6.07, 6.45) is 10.4. The van der Waals surface area contributed by atoms with Crippen molar-refractivity contribution in [3.8, 4) is 0 Å². The third kappa shape index (κ3) is 4.59. The van der Waals surface area contributed by atoms with E-state index in [0.29, 0.717) is 12.5 Å². The van der Waals surface area contributed by atoms with Gasteiger partial charge in [-0.2, -0.15) is 0 Å². The lowest BCUT2D eigenvalue weighted by Gasteiger charge is -2.20. The van der Waals surface area contributed by atoms with Crippen molar-refractivity contribution in [3.05, 3.63) is 35.9 Å². The SMILES string of the molecule is NC/C=C/c1cccc(S(=O)CC2CCCCC2)c1. The Balaban J connectivity index is 1.99. The zero-order valence-corrected chi connectivity index (χ0v) is 12.2. The van der Waals surface area contributed by atoms with Crippen LogP contribution in [-0.4, -0.2) is 16.5 Å². The minimum atomic E-state index is -0.862. The molecule has 1 atom stereocenters. The summed E-state index contributed by atoms with van der Waals surface area (Å²) in [5, 5.41) is 0. The van der Waals surface area contributed by atoms with E-state index < -0.39 is 10.8 Å². The molecule has 3 heteroatoms. The van der Waals surface area contributed by atoms with E-state index in [4.69, 9.17) is 5.73 Å². The van der Waals surface area contributed by atoms with Gasteiger partial charge < -0.3 is 5.73 Å². The summed E-state index contributed by atoms with van der Waals surface area (Å²) >= 11 is 0. The molecule has 2 N–H and O–H groups in total. The first-order valence-corrected chi connectivity index (χ1v) is 8.46. The van der Waals surface area contributed by atoms with Gasteiger partial charge in [0.2, 0.25) is 0 Å². The van der Waals surface area contributed by atoms with Crippen LogP contribution in [0.2, 0.25) is 0 Å². The van der Waals surface area contributed by atoms with Gasteiger partial charge in [0.15, 0.2) is 0 Å². The predicted octanol–water partition coefficient (Wildman–Crippen LogP) is 3.35. The summed E-state index contributed by atoms with van der Waals surface area (Å²) in [4.78, 5) is 0.949. The molecule has 1 aliphatic carbocycles. The van der Waals surface area contributed by atoms with Crippen LogP contribution in [0.15, 0.2) is 35.2 Å². The van der Waals surface area contributed by atoms with E-state index in [1.807, 2.05) is 36.4 Å². The summed E-state index contributed by atoms with van der Waals surface area (Å²) in [6, 6.07) is 7.99.